The largest absolute Gasteiger partial charge is 0.444 e. The number of hydrogen-bond donors (Lipinski definition) is 2. The van der Waals surface area contributed by atoms with Crippen molar-refractivity contribution in [1.82, 2.24) is 15.5 Å². The zero-order valence-electron chi connectivity index (χ0n) is 18.0. The SMILES string of the molecule is C/C(F)=C\C(C[C@H](CC(=O)N1CC[C@H]2CNC[C@H]21)NC(=O)OC(C)(C)C)=C(/C)F. The zero-order valence-corrected chi connectivity index (χ0v) is 18.0. The molecule has 0 aliphatic carbocycles. The summed E-state index contributed by atoms with van der Waals surface area (Å²) in [7, 11) is 0. The number of nitrogens with one attached hydrogen (secondary N) is 2. The van der Waals surface area contributed by atoms with E-state index in [1.54, 1.807) is 20.8 Å². The van der Waals surface area contributed by atoms with Crippen LogP contribution in [0.5, 0.6) is 0 Å². The number of allylic oxidation sites excluding steroid dienone is 3. The van der Waals surface area contributed by atoms with E-state index >= 15 is 0 Å². The normalized spacial score (nSPS) is 24.1. The number of hydrogen-bond acceptors (Lipinski definition) is 4. The molecule has 0 radical (unpaired) electrons. The highest BCUT2D eigenvalue weighted by atomic mass is 19.1. The lowest BCUT2D eigenvalue weighted by molar-refractivity contribution is -0.132. The number of carbonyl (C=O) groups excluding carboxylic acids is 2. The predicted octanol–water partition coefficient (Wildman–Crippen LogP) is 3.60. The number of halogens is 2. The van der Waals surface area contributed by atoms with Gasteiger partial charge in [-0.05, 0) is 65.0 Å². The zero-order chi connectivity index (χ0) is 21.8. The van der Waals surface area contributed by atoms with Gasteiger partial charge in [-0.25, -0.2) is 13.6 Å². The van der Waals surface area contributed by atoms with Crippen LogP contribution in [0.3, 0.4) is 0 Å². The fourth-order valence-corrected chi connectivity index (χ4v) is 3.94. The summed E-state index contributed by atoms with van der Waals surface area (Å²) >= 11 is 0. The number of likely N-dealkylation sites (tertiary alicyclic amines) is 1. The molecular weight excluding hydrogens is 380 g/mol. The molecule has 2 heterocycles. The quantitative estimate of drug-likeness (QED) is 0.653. The summed E-state index contributed by atoms with van der Waals surface area (Å²) in [4.78, 5) is 27.0. The first-order valence-electron chi connectivity index (χ1n) is 10.1. The van der Waals surface area contributed by atoms with E-state index in [9.17, 15) is 18.4 Å². The Bertz CT molecular complexity index is 677. The summed E-state index contributed by atoms with van der Waals surface area (Å²) in [5.41, 5.74) is -0.596. The molecule has 2 fully saturated rings. The molecule has 0 aromatic heterocycles. The van der Waals surface area contributed by atoms with Gasteiger partial charge in [-0.2, -0.15) is 0 Å². The molecule has 164 valence electrons. The number of carbonyl (C=O) groups is 2. The van der Waals surface area contributed by atoms with E-state index in [4.69, 9.17) is 4.74 Å². The van der Waals surface area contributed by atoms with E-state index in [0.29, 0.717) is 12.5 Å². The van der Waals surface area contributed by atoms with Gasteiger partial charge in [0.25, 0.3) is 0 Å². The van der Waals surface area contributed by atoms with Gasteiger partial charge in [0.2, 0.25) is 5.91 Å². The Morgan fingerprint density at radius 2 is 1.93 bits per heavy atom. The first-order chi connectivity index (χ1) is 13.5. The van der Waals surface area contributed by atoms with Crippen LogP contribution in [0.25, 0.3) is 0 Å². The first kappa shape index (κ1) is 23.3. The molecule has 2 aliphatic heterocycles. The molecule has 2 amide bonds. The number of alkyl carbamates (subject to hydrolysis) is 1. The van der Waals surface area contributed by atoms with Gasteiger partial charge in [0, 0.05) is 38.1 Å². The van der Waals surface area contributed by atoms with Crippen LogP contribution in [0.15, 0.2) is 23.3 Å². The lowest BCUT2D eigenvalue weighted by Gasteiger charge is -2.27. The van der Waals surface area contributed by atoms with Crippen molar-refractivity contribution in [3.8, 4) is 0 Å². The summed E-state index contributed by atoms with van der Waals surface area (Å²) < 4.78 is 32.6. The van der Waals surface area contributed by atoms with Gasteiger partial charge in [-0.1, -0.05) is 0 Å². The van der Waals surface area contributed by atoms with Gasteiger partial charge in [0.1, 0.15) is 11.4 Å². The summed E-state index contributed by atoms with van der Waals surface area (Å²) in [6, 6.07) is -0.544. The molecule has 8 heteroatoms. The van der Waals surface area contributed by atoms with E-state index in [2.05, 4.69) is 10.6 Å². The van der Waals surface area contributed by atoms with Crippen LogP contribution < -0.4 is 10.6 Å². The molecule has 2 saturated heterocycles. The Hall–Kier alpha value is -1.96. The van der Waals surface area contributed by atoms with Gasteiger partial charge in [-0.15, -0.1) is 0 Å². The average Bonchev–Trinajstić information content (AvgIpc) is 3.14. The van der Waals surface area contributed by atoms with Crippen LogP contribution in [0, 0.1) is 5.92 Å². The molecule has 0 saturated carbocycles. The Morgan fingerprint density at radius 1 is 1.24 bits per heavy atom. The second-order valence-electron chi connectivity index (χ2n) is 8.90. The monoisotopic (exact) mass is 413 g/mol. The van der Waals surface area contributed by atoms with Crippen molar-refractivity contribution in [3.05, 3.63) is 23.3 Å². The van der Waals surface area contributed by atoms with Crippen molar-refractivity contribution >= 4 is 12.0 Å². The predicted molar refractivity (Wildman–Crippen MR) is 108 cm³/mol. The van der Waals surface area contributed by atoms with Crippen LogP contribution in [-0.4, -0.2) is 54.2 Å². The maximum absolute atomic E-state index is 13.9. The third-order valence-electron chi connectivity index (χ3n) is 5.19. The Balaban J connectivity index is 2.12. The van der Waals surface area contributed by atoms with Gasteiger partial charge in [0.15, 0.2) is 0 Å². The minimum atomic E-state index is -0.708. The summed E-state index contributed by atoms with van der Waals surface area (Å²) in [6.07, 6.45) is 1.35. The van der Waals surface area contributed by atoms with Crippen molar-refractivity contribution in [2.24, 2.45) is 5.92 Å². The Labute approximate surface area is 171 Å². The Morgan fingerprint density at radius 3 is 2.52 bits per heavy atom. The third-order valence-corrected chi connectivity index (χ3v) is 5.19. The second kappa shape index (κ2) is 9.69. The highest BCUT2D eigenvalue weighted by molar-refractivity contribution is 5.79. The molecular formula is C21H33F2N3O3. The third kappa shape index (κ3) is 7.10. The minimum absolute atomic E-state index is 0.00157. The molecule has 6 nitrogen and oxygen atoms in total. The highest BCUT2D eigenvalue weighted by Gasteiger charge is 2.40. The van der Waals surface area contributed by atoms with E-state index in [1.165, 1.54) is 13.8 Å². The molecule has 0 unspecified atom stereocenters. The smallest absolute Gasteiger partial charge is 0.407 e. The number of fused-ring (bicyclic) bond motifs is 1. The lowest BCUT2D eigenvalue weighted by Crippen LogP contribution is -2.45. The van der Waals surface area contributed by atoms with Crippen molar-refractivity contribution in [1.29, 1.82) is 0 Å². The maximum Gasteiger partial charge on any atom is 0.407 e. The molecule has 2 aliphatic rings. The van der Waals surface area contributed by atoms with Crippen LogP contribution >= 0.6 is 0 Å². The van der Waals surface area contributed by atoms with Gasteiger partial charge >= 0.3 is 6.09 Å². The van der Waals surface area contributed by atoms with E-state index < -0.39 is 29.4 Å². The van der Waals surface area contributed by atoms with Crippen LogP contribution in [0.1, 0.15) is 53.9 Å². The second-order valence-corrected chi connectivity index (χ2v) is 8.90. The van der Waals surface area contributed by atoms with Crippen molar-refractivity contribution in [3.63, 3.8) is 0 Å². The highest BCUT2D eigenvalue weighted by Crippen LogP contribution is 2.28. The Kier molecular flexibility index (Phi) is 7.80. The first-order valence-corrected chi connectivity index (χ1v) is 10.1. The number of amides is 2. The van der Waals surface area contributed by atoms with Crippen molar-refractivity contribution in [2.45, 2.75) is 71.6 Å². The number of rotatable bonds is 6. The standard InChI is InChI=1S/C21H33F2N3O3/c1-13(22)8-16(14(2)23)9-17(25-20(28)29-21(3,4)5)10-19(27)26-7-6-15-11-24-12-18(15)26/h8,15,17-18,24H,6-7,9-12H2,1-5H3,(H,25,28)/b13-8+,16-14-/t15-,17+,18+/m0/s1. The van der Waals surface area contributed by atoms with Gasteiger partial charge in [0.05, 0.1) is 5.83 Å². The van der Waals surface area contributed by atoms with Crippen LogP contribution in [0.4, 0.5) is 13.6 Å². The lowest BCUT2D eigenvalue weighted by atomic mass is 10.0. The fraction of sp³-hybridized carbons (Fsp3) is 0.714. The maximum atomic E-state index is 13.9. The molecule has 0 aromatic rings. The van der Waals surface area contributed by atoms with Crippen molar-refractivity contribution < 1.29 is 23.1 Å². The van der Waals surface area contributed by atoms with Gasteiger partial charge in [-0.3, -0.25) is 4.79 Å². The molecule has 29 heavy (non-hydrogen) atoms. The van der Waals surface area contributed by atoms with Crippen LogP contribution in [-0.2, 0) is 9.53 Å². The van der Waals surface area contributed by atoms with E-state index in [1.807, 2.05) is 4.90 Å². The molecule has 0 bridgehead atoms. The fourth-order valence-electron chi connectivity index (χ4n) is 3.94. The van der Waals surface area contributed by atoms with Crippen LogP contribution in [0.2, 0.25) is 0 Å². The molecule has 0 aromatic carbocycles. The summed E-state index contributed by atoms with van der Waals surface area (Å²) in [6.45, 7) is 10.0. The number of ether oxygens (including phenoxy) is 1. The number of nitrogens with zero attached hydrogens (tertiary/aromatic N) is 1. The average molecular weight is 414 g/mol. The molecule has 2 rings (SSSR count). The van der Waals surface area contributed by atoms with E-state index in [0.717, 1.165) is 25.6 Å². The topological polar surface area (TPSA) is 70.7 Å². The summed E-state index contributed by atoms with van der Waals surface area (Å²) in [5, 5.41) is 5.97. The summed E-state index contributed by atoms with van der Waals surface area (Å²) in [5.74, 6) is -0.735. The molecule has 3 atom stereocenters. The molecule has 0 spiro atoms. The van der Waals surface area contributed by atoms with Gasteiger partial charge < -0.3 is 20.3 Å². The van der Waals surface area contributed by atoms with E-state index in [-0.39, 0.29) is 30.4 Å². The minimum Gasteiger partial charge on any atom is -0.444 e. The molecule has 2 N–H and O–H groups in total. The van der Waals surface area contributed by atoms with Crippen molar-refractivity contribution in [2.75, 3.05) is 19.6 Å².